The molecule has 6 nitrogen and oxygen atoms in total. The number of hydrogen-bond acceptors (Lipinski definition) is 5. The van der Waals surface area contributed by atoms with E-state index < -0.39 is 9.84 Å². The molecule has 106 valence electrons. The Bertz CT molecular complexity index is 590. The van der Waals surface area contributed by atoms with Crippen LogP contribution in [0.3, 0.4) is 0 Å². The van der Waals surface area contributed by atoms with Crippen LogP contribution in [0, 0.1) is 0 Å². The molecular weight excluding hydrogens is 266 g/mol. The van der Waals surface area contributed by atoms with Crippen molar-refractivity contribution in [3.8, 4) is 0 Å². The first-order valence-electron chi connectivity index (χ1n) is 6.45. The molecule has 0 spiro atoms. The lowest BCUT2D eigenvalue weighted by atomic mass is 9.93. The highest BCUT2D eigenvalue weighted by Crippen LogP contribution is 2.21. The monoisotopic (exact) mass is 285 g/mol. The van der Waals surface area contributed by atoms with Crippen molar-refractivity contribution >= 4 is 15.5 Å². The number of aromatic nitrogens is 2. The van der Waals surface area contributed by atoms with Crippen LogP contribution in [0.25, 0.3) is 0 Å². The maximum absolute atomic E-state index is 11.8. The normalized spacial score (nSPS) is 16.1. The summed E-state index contributed by atoms with van der Waals surface area (Å²) in [7, 11) is -2.98. The van der Waals surface area contributed by atoms with Gasteiger partial charge in [0.2, 0.25) is 0 Å². The van der Waals surface area contributed by atoms with E-state index in [1.165, 1.54) is 23.4 Å². The Morgan fingerprint density at radius 3 is 2.74 bits per heavy atom. The van der Waals surface area contributed by atoms with Crippen LogP contribution in [0.2, 0.25) is 0 Å². The number of aryl methyl sites for hydroxylation is 1. The summed E-state index contributed by atoms with van der Waals surface area (Å²) in [6.45, 7) is 0.329. The Morgan fingerprint density at radius 1 is 1.47 bits per heavy atom. The number of nitrogens with zero attached hydrogens (tertiary/aromatic N) is 2. The molecule has 0 aliphatic heterocycles. The van der Waals surface area contributed by atoms with Crippen LogP contribution >= 0.6 is 0 Å². The first-order chi connectivity index (χ1) is 8.94. The molecular formula is C12H19N3O3S. The third-order valence-electron chi connectivity index (χ3n) is 3.23. The molecule has 0 saturated heterocycles. The third-order valence-corrected chi connectivity index (χ3v) is 4.26. The fraction of sp³-hybridized carbons (Fsp3) is 0.667. The number of nitrogens with one attached hydrogen (secondary N) is 1. The second-order valence-electron chi connectivity index (χ2n) is 5.06. The summed E-state index contributed by atoms with van der Waals surface area (Å²) < 4.78 is 23.3. The van der Waals surface area contributed by atoms with E-state index in [0.717, 1.165) is 18.5 Å². The smallest absolute Gasteiger partial charge is 0.268 e. The third kappa shape index (κ3) is 4.34. The Kier molecular flexibility index (Phi) is 4.24. The molecule has 0 aromatic carbocycles. The second-order valence-corrected chi connectivity index (χ2v) is 7.32. The van der Waals surface area contributed by atoms with E-state index in [1.807, 2.05) is 0 Å². The van der Waals surface area contributed by atoms with Crippen LogP contribution in [-0.2, 0) is 16.4 Å². The van der Waals surface area contributed by atoms with E-state index >= 15 is 0 Å². The van der Waals surface area contributed by atoms with Gasteiger partial charge in [-0.2, -0.15) is 5.10 Å². The minimum Gasteiger partial charge on any atom is -0.381 e. The summed E-state index contributed by atoms with van der Waals surface area (Å²) in [5, 5.41) is 7.31. The van der Waals surface area contributed by atoms with Gasteiger partial charge in [-0.25, -0.2) is 13.1 Å². The number of hydrogen-bond donors (Lipinski definition) is 1. The lowest BCUT2D eigenvalue weighted by Gasteiger charge is -2.27. The van der Waals surface area contributed by atoms with E-state index in [-0.39, 0.29) is 11.3 Å². The van der Waals surface area contributed by atoms with E-state index in [1.54, 1.807) is 6.20 Å². The summed E-state index contributed by atoms with van der Waals surface area (Å²) in [6.07, 6.45) is 6.72. The lowest BCUT2D eigenvalue weighted by Crippen LogP contribution is -2.29. The molecule has 1 fully saturated rings. The van der Waals surface area contributed by atoms with Crippen LogP contribution < -0.4 is 10.9 Å². The molecule has 1 saturated carbocycles. The summed E-state index contributed by atoms with van der Waals surface area (Å²) in [5.74, 6) is 0.0726. The predicted octanol–water partition coefficient (Wildman–Crippen LogP) is 0.642. The highest BCUT2D eigenvalue weighted by molar-refractivity contribution is 7.90. The van der Waals surface area contributed by atoms with Gasteiger partial charge < -0.3 is 5.32 Å². The zero-order valence-electron chi connectivity index (χ0n) is 11.0. The zero-order valence-corrected chi connectivity index (χ0v) is 11.8. The molecule has 7 heteroatoms. The Hall–Kier alpha value is -1.37. The average Bonchev–Trinajstić information content (AvgIpc) is 2.25. The van der Waals surface area contributed by atoms with Gasteiger partial charge in [-0.1, -0.05) is 0 Å². The van der Waals surface area contributed by atoms with Crippen molar-refractivity contribution in [2.45, 2.75) is 38.3 Å². The number of rotatable bonds is 6. The maximum atomic E-state index is 11.8. The highest BCUT2D eigenvalue weighted by atomic mass is 32.2. The molecule has 0 unspecified atom stereocenters. The predicted molar refractivity (Wildman–Crippen MR) is 74.1 cm³/mol. The largest absolute Gasteiger partial charge is 0.381 e. The fourth-order valence-electron chi connectivity index (χ4n) is 1.95. The topological polar surface area (TPSA) is 81.1 Å². The van der Waals surface area contributed by atoms with Crippen molar-refractivity contribution in [1.29, 1.82) is 0 Å². The van der Waals surface area contributed by atoms with Crippen LogP contribution in [0.5, 0.6) is 0 Å². The molecule has 19 heavy (non-hydrogen) atoms. The Labute approximate surface area is 112 Å². The van der Waals surface area contributed by atoms with Gasteiger partial charge in [0.25, 0.3) is 5.56 Å². The van der Waals surface area contributed by atoms with Gasteiger partial charge in [-0.3, -0.25) is 4.79 Å². The molecule has 0 amide bonds. The van der Waals surface area contributed by atoms with Crippen molar-refractivity contribution in [3.05, 3.63) is 22.6 Å². The summed E-state index contributed by atoms with van der Waals surface area (Å²) in [5.41, 5.74) is 0.548. The maximum Gasteiger partial charge on any atom is 0.268 e. The molecule has 1 N–H and O–H groups in total. The molecule has 0 bridgehead atoms. The molecule has 1 aromatic rings. The van der Waals surface area contributed by atoms with Gasteiger partial charge >= 0.3 is 0 Å². The van der Waals surface area contributed by atoms with Crippen LogP contribution in [0.15, 0.2) is 17.1 Å². The number of sulfone groups is 1. The number of anilines is 1. The SMILES string of the molecule is CS(=O)(=O)CCCn1ncc(NC2CCC2)cc1=O. The minimum absolute atomic E-state index is 0.0726. The van der Waals surface area contributed by atoms with Crippen molar-refractivity contribution in [1.82, 2.24) is 9.78 Å². The van der Waals surface area contributed by atoms with Gasteiger partial charge in [-0.15, -0.1) is 0 Å². The van der Waals surface area contributed by atoms with Gasteiger partial charge in [0.15, 0.2) is 0 Å². The average molecular weight is 285 g/mol. The molecule has 0 radical (unpaired) electrons. The van der Waals surface area contributed by atoms with Crippen LogP contribution in [0.1, 0.15) is 25.7 Å². The second kappa shape index (κ2) is 5.73. The van der Waals surface area contributed by atoms with Gasteiger partial charge in [0, 0.05) is 24.9 Å². The minimum atomic E-state index is -2.98. The molecule has 1 aromatic heterocycles. The molecule has 0 atom stereocenters. The van der Waals surface area contributed by atoms with E-state index in [9.17, 15) is 13.2 Å². The Balaban J connectivity index is 1.93. The standard InChI is InChI=1S/C12H19N3O3S/c1-19(17,18)7-3-6-15-12(16)8-11(9-13-15)14-10-4-2-5-10/h8-10,14H,2-7H2,1H3. The van der Waals surface area contributed by atoms with Crippen LogP contribution in [-0.4, -0.2) is 36.2 Å². The Morgan fingerprint density at radius 2 is 2.21 bits per heavy atom. The van der Waals surface area contributed by atoms with Crippen molar-refractivity contribution in [2.24, 2.45) is 0 Å². The van der Waals surface area contributed by atoms with E-state index in [2.05, 4.69) is 10.4 Å². The van der Waals surface area contributed by atoms with Gasteiger partial charge in [0.1, 0.15) is 9.84 Å². The zero-order chi connectivity index (χ0) is 13.9. The summed E-state index contributed by atoms with van der Waals surface area (Å²) in [4.78, 5) is 11.8. The van der Waals surface area contributed by atoms with Crippen LogP contribution in [0.4, 0.5) is 5.69 Å². The van der Waals surface area contributed by atoms with Crippen molar-refractivity contribution in [2.75, 3.05) is 17.3 Å². The van der Waals surface area contributed by atoms with Crippen molar-refractivity contribution < 1.29 is 8.42 Å². The molecule has 1 heterocycles. The molecule has 1 aliphatic rings. The van der Waals surface area contributed by atoms with E-state index in [4.69, 9.17) is 0 Å². The molecule has 1 aliphatic carbocycles. The van der Waals surface area contributed by atoms with Gasteiger partial charge in [0.05, 0.1) is 17.6 Å². The quantitative estimate of drug-likeness (QED) is 0.829. The highest BCUT2D eigenvalue weighted by Gasteiger charge is 2.17. The van der Waals surface area contributed by atoms with E-state index in [0.29, 0.717) is 19.0 Å². The van der Waals surface area contributed by atoms with Gasteiger partial charge in [-0.05, 0) is 25.7 Å². The summed E-state index contributed by atoms with van der Waals surface area (Å²) >= 11 is 0. The molecule has 2 rings (SSSR count). The first-order valence-corrected chi connectivity index (χ1v) is 8.51. The first kappa shape index (κ1) is 14.0. The van der Waals surface area contributed by atoms with Crippen molar-refractivity contribution in [3.63, 3.8) is 0 Å². The summed E-state index contributed by atoms with van der Waals surface area (Å²) in [6, 6.07) is 1.98. The fourth-order valence-corrected chi connectivity index (χ4v) is 2.60. The lowest BCUT2D eigenvalue weighted by molar-refractivity contribution is 0.445.